The van der Waals surface area contributed by atoms with Crippen LogP contribution in [0.1, 0.15) is 42.1 Å². The van der Waals surface area contributed by atoms with E-state index in [0.29, 0.717) is 29.2 Å². The number of nitrogens with one attached hydrogen (secondary N) is 1. The zero-order valence-corrected chi connectivity index (χ0v) is 19.7. The van der Waals surface area contributed by atoms with Gasteiger partial charge in [0.1, 0.15) is 6.10 Å². The van der Waals surface area contributed by atoms with E-state index < -0.39 is 35.9 Å². The van der Waals surface area contributed by atoms with Gasteiger partial charge in [0.2, 0.25) is 12.5 Å². The minimum atomic E-state index is -0.732. The van der Waals surface area contributed by atoms with Gasteiger partial charge in [-0.15, -0.1) is 0 Å². The quantitative estimate of drug-likeness (QED) is 0.594. The molecule has 2 N–H and O–H groups in total. The van der Waals surface area contributed by atoms with Gasteiger partial charge < -0.3 is 38.8 Å². The summed E-state index contributed by atoms with van der Waals surface area (Å²) >= 11 is 0. The number of cyclic esters (lactones) is 1. The molecule has 10 heteroatoms. The molecule has 2 aliphatic heterocycles. The van der Waals surface area contributed by atoms with Crippen LogP contribution in [0, 0.1) is 11.8 Å². The van der Waals surface area contributed by atoms with Gasteiger partial charge in [-0.1, -0.05) is 6.92 Å². The molecule has 1 fully saturated rings. The number of carbonyl (C=O) groups excluding carboxylic acids is 2. The molecule has 186 valence electrons. The Kier molecular flexibility index (Phi) is 5.96. The zero-order chi connectivity index (χ0) is 24.7. The van der Waals surface area contributed by atoms with Crippen molar-refractivity contribution >= 4 is 12.1 Å². The number of phenolic OH excluding ortho intramolecular Hbond substituents is 1. The Balaban J connectivity index is 1.68. The molecule has 1 saturated heterocycles. The zero-order valence-electron chi connectivity index (χ0n) is 19.7. The van der Waals surface area contributed by atoms with Crippen molar-refractivity contribution in [2.45, 2.75) is 25.4 Å². The molecule has 0 spiro atoms. The van der Waals surface area contributed by atoms with E-state index in [1.54, 1.807) is 18.2 Å². The lowest BCUT2D eigenvalue weighted by molar-refractivity contribution is -0.141. The fourth-order valence-electron chi connectivity index (χ4n) is 5.14. The molecule has 5 rings (SSSR count). The highest BCUT2D eigenvalue weighted by molar-refractivity contribution is 5.79. The topological polar surface area (TPSA) is 122 Å². The predicted molar refractivity (Wildman–Crippen MR) is 121 cm³/mol. The van der Waals surface area contributed by atoms with E-state index in [1.165, 1.54) is 14.2 Å². The SMILES string of the molecule is CCCNC(=O)O[C@@H]1c2cc3c(cc2[C@@H](c2cc(OC)c(O)c(OC)c2)[C@H]2C(=O)OC[C@@H]21)OCO3. The van der Waals surface area contributed by atoms with Crippen LogP contribution in [0.15, 0.2) is 24.3 Å². The number of amides is 1. The number of hydrogen-bond acceptors (Lipinski definition) is 9. The van der Waals surface area contributed by atoms with Gasteiger partial charge >= 0.3 is 12.1 Å². The van der Waals surface area contributed by atoms with Crippen molar-refractivity contribution in [2.75, 3.05) is 34.2 Å². The highest BCUT2D eigenvalue weighted by Crippen LogP contribution is 2.56. The molecular formula is C25H27NO9. The maximum absolute atomic E-state index is 13.1. The van der Waals surface area contributed by atoms with Crippen molar-refractivity contribution in [3.63, 3.8) is 0 Å². The average Bonchev–Trinajstić information content (AvgIpc) is 3.48. The number of esters is 1. The first-order chi connectivity index (χ1) is 17.0. The molecule has 35 heavy (non-hydrogen) atoms. The lowest BCUT2D eigenvalue weighted by Gasteiger charge is -2.38. The Labute approximate surface area is 202 Å². The van der Waals surface area contributed by atoms with Crippen molar-refractivity contribution in [1.29, 1.82) is 0 Å². The van der Waals surface area contributed by atoms with Crippen LogP contribution in [0.4, 0.5) is 4.79 Å². The number of rotatable bonds is 6. The van der Waals surface area contributed by atoms with E-state index in [2.05, 4.69) is 5.32 Å². The number of phenols is 1. The van der Waals surface area contributed by atoms with Crippen molar-refractivity contribution in [1.82, 2.24) is 5.32 Å². The number of aromatic hydroxyl groups is 1. The smallest absolute Gasteiger partial charge is 0.407 e. The van der Waals surface area contributed by atoms with Gasteiger partial charge in [-0.2, -0.15) is 0 Å². The summed E-state index contributed by atoms with van der Waals surface area (Å²) in [6, 6.07) is 6.97. The summed E-state index contributed by atoms with van der Waals surface area (Å²) in [4.78, 5) is 25.6. The Hall–Kier alpha value is -3.82. The summed E-state index contributed by atoms with van der Waals surface area (Å²) < 4.78 is 33.3. The van der Waals surface area contributed by atoms with Crippen LogP contribution >= 0.6 is 0 Å². The van der Waals surface area contributed by atoms with Crippen LogP contribution in [-0.2, 0) is 14.3 Å². The van der Waals surface area contributed by atoms with E-state index in [9.17, 15) is 14.7 Å². The summed E-state index contributed by atoms with van der Waals surface area (Å²) in [6.45, 7) is 2.59. The lowest BCUT2D eigenvalue weighted by atomic mass is 9.66. The van der Waals surface area contributed by atoms with Gasteiger partial charge in [0.15, 0.2) is 23.0 Å². The van der Waals surface area contributed by atoms with E-state index in [1.807, 2.05) is 13.0 Å². The lowest BCUT2D eigenvalue weighted by Crippen LogP contribution is -2.38. The molecule has 2 aromatic carbocycles. The highest BCUT2D eigenvalue weighted by Gasteiger charge is 2.54. The van der Waals surface area contributed by atoms with Crippen LogP contribution in [0.25, 0.3) is 0 Å². The Morgan fingerprint density at radius 1 is 1.06 bits per heavy atom. The second kappa shape index (κ2) is 9.09. The normalized spacial score (nSPS) is 23.7. The molecule has 2 heterocycles. The molecule has 1 amide bonds. The van der Waals surface area contributed by atoms with Crippen molar-refractivity contribution in [2.24, 2.45) is 11.8 Å². The molecule has 1 aliphatic carbocycles. The summed E-state index contributed by atoms with van der Waals surface area (Å²) in [6.07, 6.45) is -0.537. The van der Waals surface area contributed by atoms with Gasteiger partial charge in [0, 0.05) is 23.9 Å². The molecule has 10 nitrogen and oxygen atoms in total. The number of methoxy groups -OCH3 is 2. The minimum absolute atomic E-state index is 0.0706. The van der Waals surface area contributed by atoms with Gasteiger partial charge in [-0.05, 0) is 41.8 Å². The fraction of sp³-hybridized carbons (Fsp3) is 0.440. The van der Waals surface area contributed by atoms with Gasteiger partial charge in [0.25, 0.3) is 0 Å². The van der Waals surface area contributed by atoms with Crippen LogP contribution < -0.4 is 24.3 Å². The Morgan fingerprint density at radius 3 is 2.34 bits per heavy atom. The first-order valence-corrected chi connectivity index (χ1v) is 11.5. The number of benzene rings is 2. The third-order valence-electron chi connectivity index (χ3n) is 6.73. The van der Waals surface area contributed by atoms with Gasteiger partial charge in [0.05, 0.1) is 26.7 Å². The van der Waals surface area contributed by atoms with Gasteiger partial charge in [-0.3, -0.25) is 4.79 Å². The molecule has 0 aromatic heterocycles. The van der Waals surface area contributed by atoms with E-state index in [0.717, 1.165) is 12.0 Å². The standard InChI is InChI=1S/C25H27NO9/c1-4-5-26-25(29)35-23-14-9-17-16(33-11-34-17)8-13(14)20(21-15(23)10-32-24(21)28)12-6-18(30-2)22(27)19(7-12)31-3/h6-9,15,20-21,23,27H,4-5,10-11H2,1-3H3,(H,26,29)/t15-,20+,21-,23+/m0/s1. The molecule has 4 atom stereocenters. The van der Waals surface area contributed by atoms with Crippen molar-refractivity contribution in [3.05, 3.63) is 41.0 Å². The Bertz CT molecular complexity index is 1140. The molecular weight excluding hydrogens is 458 g/mol. The summed E-state index contributed by atoms with van der Waals surface area (Å²) in [5.41, 5.74) is 2.12. The second-order valence-electron chi connectivity index (χ2n) is 8.66. The third-order valence-corrected chi connectivity index (χ3v) is 6.73. The summed E-state index contributed by atoms with van der Waals surface area (Å²) in [7, 11) is 2.88. The summed E-state index contributed by atoms with van der Waals surface area (Å²) in [5, 5.41) is 13.2. The first-order valence-electron chi connectivity index (χ1n) is 11.5. The van der Waals surface area contributed by atoms with Gasteiger partial charge in [-0.25, -0.2) is 4.79 Å². The molecule has 2 aromatic rings. The van der Waals surface area contributed by atoms with E-state index in [4.69, 9.17) is 28.4 Å². The maximum atomic E-state index is 13.1. The molecule has 3 aliphatic rings. The molecule has 0 unspecified atom stereocenters. The first kappa shape index (κ1) is 22.9. The van der Waals surface area contributed by atoms with Crippen LogP contribution in [0.3, 0.4) is 0 Å². The number of alkyl carbamates (subject to hydrolysis) is 1. The molecule has 0 bridgehead atoms. The third kappa shape index (κ3) is 3.82. The molecule has 0 saturated carbocycles. The fourth-order valence-corrected chi connectivity index (χ4v) is 5.14. The second-order valence-corrected chi connectivity index (χ2v) is 8.66. The van der Waals surface area contributed by atoms with Crippen LogP contribution in [0.2, 0.25) is 0 Å². The number of hydrogen-bond donors (Lipinski definition) is 2. The highest BCUT2D eigenvalue weighted by atomic mass is 16.7. The minimum Gasteiger partial charge on any atom is -0.502 e. The Morgan fingerprint density at radius 2 is 1.71 bits per heavy atom. The predicted octanol–water partition coefficient (Wildman–Crippen LogP) is 3.25. The maximum Gasteiger partial charge on any atom is 0.407 e. The monoisotopic (exact) mass is 485 g/mol. The van der Waals surface area contributed by atoms with Crippen LogP contribution in [0.5, 0.6) is 28.7 Å². The number of fused-ring (bicyclic) bond motifs is 3. The molecule has 0 radical (unpaired) electrons. The largest absolute Gasteiger partial charge is 0.502 e. The number of ether oxygens (including phenoxy) is 6. The van der Waals surface area contributed by atoms with E-state index >= 15 is 0 Å². The van der Waals surface area contributed by atoms with E-state index in [-0.39, 0.29) is 30.6 Å². The van der Waals surface area contributed by atoms with Crippen LogP contribution in [-0.4, -0.2) is 51.3 Å². The van der Waals surface area contributed by atoms with Crippen molar-refractivity contribution < 1.29 is 43.1 Å². The number of carbonyl (C=O) groups is 2. The van der Waals surface area contributed by atoms with Crippen molar-refractivity contribution in [3.8, 4) is 28.7 Å². The average molecular weight is 485 g/mol. The summed E-state index contributed by atoms with van der Waals surface area (Å²) in [5.74, 6) is -0.619.